The molecule has 0 radical (unpaired) electrons. The molecule has 0 saturated carbocycles. The topological polar surface area (TPSA) is 89.9 Å². The molecule has 0 bridgehead atoms. The van der Waals surface area contributed by atoms with Gasteiger partial charge in [0, 0.05) is 23.7 Å². The van der Waals surface area contributed by atoms with Crippen LogP contribution in [0.15, 0.2) is 29.4 Å². The summed E-state index contributed by atoms with van der Waals surface area (Å²) in [6.07, 6.45) is -3.92. The van der Waals surface area contributed by atoms with Crippen molar-refractivity contribution in [1.29, 1.82) is 0 Å². The number of anilines is 1. The Bertz CT molecular complexity index is 494. The van der Waals surface area contributed by atoms with Gasteiger partial charge in [-0.25, -0.2) is 4.79 Å². The van der Waals surface area contributed by atoms with Crippen molar-refractivity contribution in [3.05, 3.63) is 40.3 Å². The fraction of sp³-hybridized carbons (Fsp3) is 0.364. The molecule has 0 atom stereocenters. The van der Waals surface area contributed by atoms with E-state index in [4.69, 9.17) is 5.53 Å². The summed E-state index contributed by atoms with van der Waals surface area (Å²) in [6, 6.07) is 3.57. The van der Waals surface area contributed by atoms with Crippen LogP contribution in [0, 0.1) is 0 Å². The number of rotatable bonds is 5. The van der Waals surface area contributed by atoms with Crippen molar-refractivity contribution >= 4 is 11.7 Å². The van der Waals surface area contributed by atoms with Crippen molar-refractivity contribution in [3.63, 3.8) is 0 Å². The Balaban J connectivity index is 2.40. The summed E-state index contributed by atoms with van der Waals surface area (Å²) >= 11 is 0. The molecule has 108 valence electrons. The Hall–Kier alpha value is -2.41. The lowest BCUT2D eigenvalue weighted by molar-refractivity contribution is -0.137. The summed E-state index contributed by atoms with van der Waals surface area (Å²) in [5, 5.41) is 8.16. The molecule has 0 heterocycles. The Kier molecular flexibility index (Phi) is 5.67. The molecule has 0 aromatic heterocycles. The molecule has 6 nitrogen and oxygen atoms in total. The van der Waals surface area contributed by atoms with E-state index in [1.807, 2.05) is 0 Å². The van der Waals surface area contributed by atoms with Crippen LogP contribution in [-0.4, -0.2) is 19.1 Å². The number of hydrogen-bond donors (Lipinski definition) is 2. The first-order valence-corrected chi connectivity index (χ1v) is 5.66. The first-order chi connectivity index (χ1) is 9.43. The van der Waals surface area contributed by atoms with Crippen molar-refractivity contribution in [2.24, 2.45) is 5.11 Å². The van der Waals surface area contributed by atoms with Crippen LogP contribution in [0.1, 0.15) is 12.0 Å². The Labute approximate surface area is 112 Å². The molecule has 0 unspecified atom stereocenters. The number of carbonyl (C=O) groups excluding carboxylic acids is 1. The first kappa shape index (κ1) is 15.6. The van der Waals surface area contributed by atoms with Crippen LogP contribution < -0.4 is 10.6 Å². The van der Waals surface area contributed by atoms with Gasteiger partial charge < -0.3 is 10.6 Å². The summed E-state index contributed by atoms with van der Waals surface area (Å²) in [7, 11) is 0. The lowest BCUT2D eigenvalue weighted by atomic mass is 10.2. The molecular formula is C11H12F3N5O. The minimum atomic E-state index is -4.40. The highest BCUT2D eigenvalue weighted by Crippen LogP contribution is 2.29. The summed E-state index contributed by atoms with van der Waals surface area (Å²) < 4.78 is 36.9. The minimum absolute atomic E-state index is 0.255. The summed E-state index contributed by atoms with van der Waals surface area (Å²) in [5.74, 6) is 0. The van der Waals surface area contributed by atoms with E-state index in [9.17, 15) is 18.0 Å². The lowest BCUT2D eigenvalue weighted by Crippen LogP contribution is -2.29. The van der Waals surface area contributed by atoms with Gasteiger partial charge in [-0.15, -0.1) is 0 Å². The predicted molar refractivity (Wildman–Crippen MR) is 67.1 cm³/mol. The molecule has 2 amide bonds. The van der Waals surface area contributed by atoms with Gasteiger partial charge in [0.15, 0.2) is 0 Å². The van der Waals surface area contributed by atoms with E-state index in [1.54, 1.807) is 0 Å². The van der Waals surface area contributed by atoms with Gasteiger partial charge in [-0.1, -0.05) is 5.11 Å². The van der Waals surface area contributed by atoms with E-state index in [2.05, 4.69) is 20.7 Å². The molecule has 0 aliphatic rings. The third-order valence-electron chi connectivity index (χ3n) is 2.25. The maximum absolute atomic E-state index is 12.3. The second kappa shape index (κ2) is 7.25. The van der Waals surface area contributed by atoms with E-state index in [-0.39, 0.29) is 12.2 Å². The number of carbonyl (C=O) groups is 1. The van der Waals surface area contributed by atoms with E-state index in [1.165, 1.54) is 12.1 Å². The van der Waals surface area contributed by atoms with Gasteiger partial charge in [0.25, 0.3) is 0 Å². The Morgan fingerprint density at radius 2 is 1.95 bits per heavy atom. The highest BCUT2D eigenvalue weighted by Gasteiger charge is 2.29. The zero-order valence-corrected chi connectivity index (χ0v) is 10.3. The fourth-order valence-corrected chi connectivity index (χ4v) is 1.31. The molecular weight excluding hydrogens is 275 g/mol. The zero-order valence-electron chi connectivity index (χ0n) is 10.3. The Morgan fingerprint density at radius 3 is 2.50 bits per heavy atom. The van der Waals surface area contributed by atoms with Crippen LogP contribution in [0.4, 0.5) is 23.7 Å². The van der Waals surface area contributed by atoms with Crippen molar-refractivity contribution in [2.45, 2.75) is 12.6 Å². The van der Waals surface area contributed by atoms with Gasteiger partial charge in [-0.3, -0.25) is 0 Å². The van der Waals surface area contributed by atoms with Crippen LogP contribution in [0.3, 0.4) is 0 Å². The standard InChI is InChI=1S/C11H12F3N5O/c12-11(13,14)8-2-4-9(5-3-8)18-10(20)16-6-1-7-17-19-15/h2-5H,1,6-7H2,(H2,16,18,20). The number of urea groups is 1. The average Bonchev–Trinajstić information content (AvgIpc) is 2.38. The number of benzene rings is 1. The first-order valence-electron chi connectivity index (χ1n) is 5.66. The van der Waals surface area contributed by atoms with E-state index >= 15 is 0 Å². The van der Waals surface area contributed by atoms with E-state index in [0.717, 1.165) is 12.1 Å². The quantitative estimate of drug-likeness (QED) is 0.369. The second-order valence-corrected chi connectivity index (χ2v) is 3.76. The molecule has 1 aromatic carbocycles. The molecule has 1 rings (SSSR count). The molecule has 20 heavy (non-hydrogen) atoms. The largest absolute Gasteiger partial charge is 0.416 e. The van der Waals surface area contributed by atoms with Crippen molar-refractivity contribution in [3.8, 4) is 0 Å². The van der Waals surface area contributed by atoms with Gasteiger partial charge in [-0.05, 0) is 36.2 Å². The maximum Gasteiger partial charge on any atom is 0.416 e. The molecule has 0 saturated heterocycles. The molecule has 1 aromatic rings. The van der Waals surface area contributed by atoms with Crippen LogP contribution in [0.25, 0.3) is 10.4 Å². The van der Waals surface area contributed by atoms with Crippen molar-refractivity contribution in [1.82, 2.24) is 5.32 Å². The summed E-state index contributed by atoms with van der Waals surface area (Å²) in [4.78, 5) is 13.9. The number of azide groups is 1. The fourth-order valence-electron chi connectivity index (χ4n) is 1.31. The summed E-state index contributed by atoms with van der Waals surface area (Å²) in [5.41, 5.74) is 7.50. The molecule has 0 spiro atoms. The van der Waals surface area contributed by atoms with Gasteiger partial charge in [0.05, 0.1) is 5.56 Å². The maximum atomic E-state index is 12.3. The van der Waals surface area contributed by atoms with Gasteiger partial charge >= 0.3 is 12.2 Å². The monoisotopic (exact) mass is 287 g/mol. The zero-order chi connectivity index (χ0) is 15.0. The smallest absolute Gasteiger partial charge is 0.338 e. The predicted octanol–water partition coefficient (Wildman–Crippen LogP) is 3.53. The third kappa shape index (κ3) is 5.49. The van der Waals surface area contributed by atoms with Crippen LogP contribution >= 0.6 is 0 Å². The number of halogens is 3. The van der Waals surface area contributed by atoms with E-state index < -0.39 is 17.8 Å². The number of nitrogens with zero attached hydrogens (tertiary/aromatic N) is 3. The van der Waals surface area contributed by atoms with E-state index in [0.29, 0.717) is 13.0 Å². The van der Waals surface area contributed by atoms with Crippen LogP contribution in [0.2, 0.25) is 0 Å². The van der Waals surface area contributed by atoms with Gasteiger partial charge in [-0.2, -0.15) is 13.2 Å². The molecule has 0 fully saturated rings. The minimum Gasteiger partial charge on any atom is -0.338 e. The van der Waals surface area contributed by atoms with Gasteiger partial charge in [0.1, 0.15) is 0 Å². The Morgan fingerprint density at radius 1 is 1.30 bits per heavy atom. The third-order valence-corrected chi connectivity index (χ3v) is 2.25. The molecule has 2 N–H and O–H groups in total. The van der Waals surface area contributed by atoms with Crippen LogP contribution in [0.5, 0.6) is 0 Å². The van der Waals surface area contributed by atoms with Crippen molar-refractivity contribution in [2.75, 3.05) is 18.4 Å². The number of amides is 2. The van der Waals surface area contributed by atoms with Gasteiger partial charge in [0.2, 0.25) is 0 Å². The molecule has 0 aliphatic heterocycles. The second-order valence-electron chi connectivity index (χ2n) is 3.76. The highest BCUT2D eigenvalue weighted by molar-refractivity contribution is 5.89. The number of nitrogens with one attached hydrogen (secondary N) is 2. The highest BCUT2D eigenvalue weighted by atomic mass is 19.4. The number of hydrogen-bond acceptors (Lipinski definition) is 2. The molecule has 9 heteroatoms. The van der Waals surface area contributed by atoms with Crippen molar-refractivity contribution < 1.29 is 18.0 Å². The average molecular weight is 287 g/mol. The lowest BCUT2D eigenvalue weighted by Gasteiger charge is -2.09. The number of alkyl halides is 3. The SMILES string of the molecule is [N-]=[N+]=NCCCNC(=O)Nc1ccc(C(F)(F)F)cc1. The normalized spacial score (nSPS) is 10.6. The summed E-state index contributed by atoms with van der Waals surface area (Å²) in [6.45, 7) is 0.558. The molecule has 0 aliphatic carbocycles. The van der Waals surface area contributed by atoms with Crippen LogP contribution in [-0.2, 0) is 6.18 Å².